The molecular weight excluding hydrogens is 304 g/mol. The predicted octanol–water partition coefficient (Wildman–Crippen LogP) is 2.72. The van der Waals surface area contributed by atoms with Gasteiger partial charge < -0.3 is 20.4 Å². The fraction of sp³-hybridized carbons (Fsp3) is 1.00. The van der Waals surface area contributed by atoms with Crippen LogP contribution < -0.4 is 0 Å². The summed E-state index contributed by atoms with van der Waals surface area (Å²) >= 11 is 0. The quantitative estimate of drug-likeness (QED) is 0.633. The Morgan fingerprint density at radius 1 is 1.08 bits per heavy atom. The van der Waals surface area contributed by atoms with Crippen molar-refractivity contribution in [3.63, 3.8) is 0 Å². The number of rotatable bonds is 4. The molecule has 2 aliphatic carbocycles. The van der Waals surface area contributed by atoms with E-state index in [1.54, 1.807) is 0 Å². The summed E-state index contributed by atoms with van der Waals surface area (Å²) in [6.07, 6.45) is 1.32. The third-order valence-corrected chi connectivity index (χ3v) is 7.85. The Kier molecular flexibility index (Phi) is 5.49. The van der Waals surface area contributed by atoms with E-state index >= 15 is 0 Å². The van der Waals surface area contributed by atoms with Gasteiger partial charge in [0.1, 0.15) is 0 Å². The summed E-state index contributed by atoms with van der Waals surface area (Å²) in [5, 5.41) is 44.3. The molecule has 2 aliphatic rings. The van der Waals surface area contributed by atoms with Crippen LogP contribution in [0.2, 0.25) is 0 Å². The second-order valence-electron chi connectivity index (χ2n) is 9.55. The van der Waals surface area contributed by atoms with Crippen molar-refractivity contribution >= 4 is 0 Å². The molecule has 0 unspecified atom stereocenters. The fourth-order valence-corrected chi connectivity index (χ4v) is 5.79. The first kappa shape index (κ1) is 20.2. The van der Waals surface area contributed by atoms with Gasteiger partial charge in [0.25, 0.3) is 0 Å². The standard InChI is InChI=1S/C20H38O4/c1-7-12(2)8-11-20(24)13(3)15(22)16(23)17-18(4,5)10-9-14(21)19(17,20)6/h12-17,21-24H,7-11H2,1-6H3/t12-,13+,14+,15-,16-,17+,19+,20-/m1/s1. The molecule has 0 heterocycles. The van der Waals surface area contributed by atoms with Gasteiger partial charge in [0.15, 0.2) is 0 Å². The average molecular weight is 343 g/mol. The summed E-state index contributed by atoms with van der Waals surface area (Å²) in [4.78, 5) is 0. The lowest BCUT2D eigenvalue weighted by atomic mass is 9.42. The topological polar surface area (TPSA) is 80.9 Å². The lowest BCUT2D eigenvalue weighted by Gasteiger charge is -2.67. The van der Waals surface area contributed by atoms with Crippen molar-refractivity contribution in [1.29, 1.82) is 0 Å². The van der Waals surface area contributed by atoms with Crippen LogP contribution in [0.1, 0.15) is 73.6 Å². The minimum absolute atomic E-state index is 0.237. The largest absolute Gasteiger partial charge is 0.392 e. The number of aliphatic hydroxyl groups excluding tert-OH is 3. The molecular formula is C20H38O4. The van der Waals surface area contributed by atoms with E-state index in [2.05, 4.69) is 27.7 Å². The van der Waals surface area contributed by atoms with Crippen LogP contribution in [0.15, 0.2) is 0 Å². The summed E-state index contributed by atoms with van der Waals surface area (Å²) in [5.41, 5.74) is -2.24. The molecule has 2 fully saturated rings. The van der Waals surface area contributed by atoms with Crippen molar-refractivity contribution < 1.29 is 20.4 Å². The van der Waals surface area contributed by atoms with Gasteiger partial charge in [-0.25, -0.2) is 0 Å². The van der Waals surface area contributed by atoms with Crippen LogP contribution in [0.3, 0.4) is 0 Å². The predicted molar refractivity (Wildman–Crippen MR) is 95.4 cm³/mol. The van der Waals surface area contributed by atoms with Gasteiger partial charge in [0.05, 0.1) is 23.9 Å². The van der Waals surface area contributed by atoms with Crippen LogP contribution in [-0.2, 0) is 0 Å². The molecule has 0 spiro atoms. The normalized spacial score (nSPS) is 49.5. The zero-order valence-electron chi connectivity index (χ0n) is 16.3. The Bertz CT molecular complexity index is 451. The Hall–Kier alpha value is -0.160. The van der Waals surface area contributed by atoms with Gasteiger partial charge in [-0.05, 0) is 37.0 Å². The van der Waals surface area contributed by atoms with Gasteiger partial charge in [0.2, 0.25) is 0 Å². The maximum absolute atomic E-state index is 11.8. The zero-order chi connectivity index (χ0) is 18.5. The molecule has 0 amide bonds. The molecule has 4 nitrogen and oxygen atoms in total. The Balaban J connectivity index is 2.50. The van der Waals surface area contributed by atoms with Gasteiger partial charge in [-0.2, -0.15) is 0 Å². The summed E-state index contributed by atoms with van der Waals surface area (Å²) in [7, 11) is 0. The molecule has 2 rings (SSSR count). The maximum atomic E-state index is 11.8. The van der Waals surface area contributed by atoms with Crippen LogP contribution >= 0.6 is 0 Å². The Morgan fingerprint density at radius 3 is 2.21 bits per heavy atom. The third kappa shape index (κ3) is 2.74. The number of hydrogen-bond donors (Lipinski definition) is 4. The highest BCUT2D eigenvalue weighted by Gasteiger charge is 2.69. The van der Waals surface area contributed by atoms with Crippen LogP contribution in [0, 0.1) is 28.6 Å². The maximum Gasteiger partial charge on any atom is 0.0855 e. The molecule has 24 heavy (non-hydrogen) atoms. The van der Waals surface area contributed by atoms with Crippen molar-refractivity contribution in [1.82, 2.24) is 0 Å². The second kappa shape index (κ2) is 6.53. The van der Waals surface area contributed by atoms with Crippen LogP contribution in [-0.4, -0.2) is 44.3 Å². The van der Waals surface area contributed by atoms with Gasteiger partial charge in [0, 0.05) is 17.3 Å². The van der Waals surface area contributed by atoms with Gasteiger partial charge in [-0.15, -0.1) is 0 Å². The van der Waals surface area contributed by atoms with Crippen molar-refractivity contribution in [2.24, 2.45) is 28.6 Å². The van der Waals surface area contributed by atoms with E-state index in [9.17, 15) is 20.4 Å². The average Bonchev–Trinajstić information content (AvgIpc) is 2.52. The van der Waals surface area contributed by atoms with Gasteiger partial charge >= 0.3 is 0 Å². The first-order valence-corrected chi connectivity index (χ1v) is 9.70. The molecule has 8 atom stereocenters. The van der Waals surface area contributed by atoms with E-state index in [0.717, 1.165) is 19.3 Å². The lowest BCUT2D eigenvalue weighted by molar-refractivity contribution is -0.305. The van der Waals surface area contributed by atoms with Crippen molar-refractivity contribution in [2.45, 2.75) is 97.6 Å². The van der Waals surface area contributed by atoms with E-state index in [4.69, 9.17) is 0 Å². The molecule has 4 heteroatoms. The highest BCUT2D eigenvalue weighted by atomic mass is 16.3. The van der Waals surface area contributed by atoms with Crippen LogP contribution in [0.25, 0.3) is 0 Å². The van der Waals surface area contributed by atoms with E-state index < -0.39 is 35.2 Å². The van der Waals surface area contributed by atoms with Crippen molar-refractivity contribution in [2.75, 3.05) is 0 Å². The smallest absolute Gasteiger partial charge is 0.0855 e. The van der Waals surface area contributed by atoms with Crippen molar-refractivity contribution in [3.8, 4) is 0 Å². The second-order valence-corrected chi connectivity index (χ2v) is 9.55. The third-order valence-electron chi connectivity index (χ3n) is 7.85. The van der Waals surface area contributed by atoms with E-state index in [1.165, 1.54) is 0 Å². The minimum Gasteiger partial charge on any atom is -0.392 e. The van der Waals surface area contributed by atoms with E-state index in [-0.39, 0.29) is 11.3 Å². The van der Waals surface area contributed by atoms with E-state index in [0.29, 0.717) is 18.8 Å². The fourth-order valence-electron chi connectivity index (χ4n) is 5.79. The molecule has 0 saturated heterocycles. The number of hydrogen-bond acceptors (Lipinski definition) is 4. The molecule has 0 aliphatic heterocycles. The highest BCUT2D eigenvalue weighted by Crippen LogP contribution is 2.63. The summed E-state index contributed by atoms with van der Waals surface area (Å²) in [5.74, 6) is -0.316. The molecule has 2 saturated carbocycles. The SMILES string of the molecule is CC[C@@H](C)CC[C@@]1(O)[C@@H](C)[C@@H](O)[C@@H](O)[C@H]2C(C)(C)CC[C@H](O)[C@@]21C. The monoisotopic (exact) mass is 342 g/mol. The molecule has 0 aromatic carbocycles. The minimum atomic E-state index is -1.18. The Labute approximate surface area is 147 Å². The lowest BCUT2D eigenvalue weighted by Crippen LogP contribution is -2.74. The van der Waals surface area contributed by atoms with Crippen molar-refractivity contribution in [3.05, 3.63) is 0 Å². The molecule has 142 valence electrons. The summed E-state index contributed by atoms with van der Waals surface area (Å²) in [6, 6.07) is 0. The molecule has 0 aromatic rings. The summed E-state index contributed by atoms with van der Waals surface area (Å²) in [6.45, 7) is 12.2. The molecule has 0 radical (unpaired) electrons. The first-order valence-electron chi connectivity index (χ1n) is 9.70. The van der Waals surface area contributed by atoms with Gasteiger partial charge in [-0.1, -0.05) is 48.0 Å². The molecule has 0 aromatic heterocycles. The molecule has 4 N–H and O–H groups in total. The highest BCUT2D eigenvalue weighted by molar-refractivity contribution is 5.18. The van der Waals surface area contributed by atoms with E-state index in [1.807, 2.05) is 13.8 Å². The first-order chi connectivity index (χ1) is 10.9. The van der Waals surface area contributed by atoms with Crippen LogP contribution in [0.4, 0.5) is 0 Å². The number of fused-ring (bicyclic) bond motifs is 1. The number of aliphatic hydroxyl groups is 4. The van der Waals surface area contributed by atoms with Crippen LogP contribution in [0.5, 0.6) is 0 Å². The Morgan fingerprint density at radius 2 is 1.67 bits per heavy atom. The van der Waals surface area contributed by atoms with Gasteiger partial charge in [-0.3, -0.25) is 0 Å². The zero-order valence-corrected chi connectivity index (χ0v) is 16.3. The molecule has 0 bridgehead atoms. The summed E-state index contributed by atoms with van der Waals surface area (Å²) < 4.78 is 0.